The van der Waals surface area contributed by atoms with E-state index in [0.29, 0.717) is 25.0 Å². The Hall–Kier alpha value is -2.25. The smallest absolute Gasteiger partial charge is 0.319 e. The van der Waals surface area contributed by atoms with Gasteiger partial charge in [0.1, 0.15) is 5.82 Å². The number of halogens is 3. The second kappa shape index (κ2) is 7.37. The Morgan fingerprint density at radius 1 is 1.05 bits per heavy atom. The van der Waals surface area contributed by atoms with Crippen molar-refractivity contribution in [3.05, 3.63) is 29.6 Å². The molecular weight excluding hydrogens is 277 g/mol. The number of anilines is 1. The molecule has 1 rings (SSSR count). The number of hydrogen-bond acceptors (Lipinski definition) is 2. The van der Waals surface area contributed by atoms with Gasteiger partial charge in [-0.2, -0.15) is 0 Å². The summed E-state index contributed by atoms with van der Waals surface area (Å²) in [6.07, 6.45) is 0.802. The van der Waals surface area contributed by atoms with Gasteiger partial charge in [0.25, 0.3) is 0 Å². The number of rotatable bonds is 6. The van der Waals surface area contributed by atoms with E-state index in [0.717, 1.165) is 0 Å². The molecule has 0 radical (unpaired) electrons. The maximum atomic E-state index is 13.2. The van der Waals surface area contributed by atoms with Gasteiger partial charge in [0.2, 0.25) is 0 Å². The fraction of sp³-hybridized carbons (Fsp3) is 0.333. The Balaban J connectivity index is 2.39. The third-order valence-electron chi connectivity index (χ3n) is 2.36. The molecule has 1 aromatic rings. The zero-order valence-corrected chi connectivity index (χ0v) is 10.4. The summed E-state index contributed by atoms with van der Waals surface area (Å²) >= 11 is 0. The summed E-state index contributed by atoms with van der Waals surface area (Å²) in [6, 6.07) is 0.0807. The van der Waals surface area contributed by atoms with Gasteiger partial charge in [0.05, 0.1) is 5.69 Å². The van der Waals surface area contributed by atoms with Crippen LogP contribution < -0.4 is 10.6 Å². The van der Waals surface area contributed by atoms with Crippen LogP contribution in [0.5, 0.6) is 0 Å². The van der Waals surface area contributed by atoms with E-state index in [-0.39, 0.29) is 13.0 Å². The number of urea groups is 1. The van der Waals surface area contributed by atoms with Gasteiger partial charge >= 0.3 is 12.0 Å². The molecule has 20 heavy (non-hydrogen) atoms. The maximum absolute atomic E-state index is 13.2. The van der Waals surface area contributed by atoms with Crippen molar-refractivity contribution < 1.29 is 27.9 Å². The number of benzene rings is 1. The van der Waals surface area contributed by atoms with E-state index >= 15 is 0 Å². The molecule has 0 aromatic heterocycles. The summed E-state index contributed by atoms with van der Waals surface area (Å²) in [5.74, 6) is -4.64. The van der Waals surface area contributed by atoms with Crippen LogP contribution in [0.25, 0.3) is 0 Å². The third-order valence-corrected chi connectivity index (χ3v) is 2.36. The van der Waals surface area contributed by atoms with Gasteiger partial charge in [-0.25, -0.2) is 18.0 Å². The first-order valence-corrected chi connectivity index (χ1v) is 5.81. The second-order valence-electron chi connectivity index (χ2n) is 3.98. The highest BCUT2D eigenvalue weighted by Crippen LogP contribution is 2.18. The van der Waals surface area contributed by atoms with E-state index in [2.05, 4.69) is 5.32 Å². The number of hydrogen-bond donors (Lipinski definition) is 3. The summed E-state index contributed by atoms with van der Waals surface area (Å²) < 4.78 is 38.7. The summed E-state index contributed by atoms with van der Waals surface area (Å²) in [7, 11) is 0. The largest absolute Gasteiger partial charge is 0.481 e. The lowest BCUT2D eigenvalue weighted by Gasteiger charge is -2.08. The first-order valence-electron chi connectivity index (χ1n) is 5.81. The van der Waals surface area contributed by atoms with Crippen LogP contribution in [0.15, 0.2) is 12.1 Å². The molecule has 5 nitrogen and oxygen atoms in total. The SMILES string of the molecule is O=C(O)CCCCNC(=O)Nc1cc(F)c(F)cc1F. The minimum absolute atomic E-state index is 0.0128. The monoisotopic (exact) mass is 290 g/mol. The molecule has 0 spiro atoms. The van der Waals surface area contributed by atoms with Crippen molar-refractivity contribution in [2.75, 3.05) is 11.9 Å². The van der Waals surface area contributed by atoms with E-state index in [9.17, 15) is 22.8 Å². The van der Waals surface area contributed by atoms with Gasteiger partial charge in [-0.3, -0.25) is 4.79 Å². The topological polar surface area (TPSA) is 78.4 Å². The number of carbonyl (C=O) groups is 2. The summed E-state index contributed by atoms with van der Waals surface area (Å²) in [6.45, 7) is 0.185. The van der Waals surface area contributed by atoms with Crippen molar-refractivity contribution in [3.8, 4) is 0 Å². The minimum atomic E-state index is -1.35. The molecule has 0 aliphatic heterocycles. The van der Waals surface area contributed by atoms with Gasteiger partial charge in [-0.1, -0.05) is 0 Å². The number of unbranched alkanes of at least 4 members (excludes halogenated alkanes) is 1. The van der Waals surface area contributed by atoms with Crippen molar-refractivity contribution in [3.63, 3.8) is 0 Å². The molecular formula is C12H13F3N2O3. The molecule has 0 aliphatic carbocycles. The minimum Gasteiger partial charge on any atom is -0.481 e. The molecule has 8 heteroatoms. The average Bonchev–Trinajstić information content (AvgIpc) is 2.35. The Kier molecular flexibility index (Phi) is 5.82. The molecule has 3 N–H and O–H groups in total. The molecule has 110 valence electrons. The van der Waals surface area contributed by atoms with Crippen LogP contribution in [-0.2, 0) is 4.79 Å². The van der Waals surface area contributed by atoms with Gasteiger partial charge < -0.3 is 15.7 Å². The maximum Gasteiger partial charge on any atom is 0.319 e. The Labute approximate surface area is 112 Å². The van der Waals surface area contributed by atoms with E-state index in [1.54, 1.807) is 0 Å². The molecule has 2 amide bonds. The summed E-state index contributed by atoms with van der Waals surface area (Å²) in [4.78, 5) is 21.6. The highest BCUT2D eigenvalue weighted by Gasteiger charge is 2.11. The number of carboxylic acid groups (broad SMARTS) is 1. The van der Waals surface area contributed by atoms with Crippen molar-refractivity contribution in [1.29, 1.82) is 0 Å². The molecule has 0 fully saturated rings. The van der Waals surface area contributed by atoms with E-state index < -0.39 is 35.1 Å². The molecule has 0 heterocycles. The molecule has 0 atom stereocenters. The summed E-state index contributed by atoms with van der Waals surface area (Å²) in [5.41, 5.74) is -0.480. The predicted molar refractivity (Wildman–Crippen MR) is 64.8 cm³/mol. The lowest BCUT2D eigenvalue weighted by atomic mass is 10.2. The van der Waals surface area contributed by atoms with Crippen LogP contribution in [0.3, 0.4) is 0 Å². The quantitative estimate of drug-likeness (QED) is 0.556. The Morgan fingerprint density at radius 3 is 2.35 bits per heavy atom. The second-order valence-corrected chi connectivity index (χ2v) is 3.98. The number of nitrogens with one attached hydrogen (secondary N) is 2. The highest BCUT2D eigenvalue weighted by molar-refractivity contribution is 5.89. The van der Waals surface area contributed by atoms with Gasteiger partial charge in [0.15, 0.2) is 11.6 Å². The fourth-order valence-corrected chi connectivity index (χ4v) is 1.39. The number of carboxylic acids is 1. The lowest BCUT2D eigenvalue weighted by molar-refractivity contribution is -0.137. The molecule has 0 aliphatic rings. The number of amides is 2. The van der Waals surface area contributed by atoms with E-state index in [1.807, 2.05) is 5.32 Å². The normalized spacial score (nSPS) is 10.2. The molecule has 0 bridgehead atoms. The van der Waals surface area contributed by atoms with Crippen molar-refractivity contribution in [2.24, 2.45) is 0 Å². The molecule has 0 saturated carbocycles. The van der Waals surface area contributed by atoms with Crippen molar-refractivity contribution in [2.45, 2.75) is 19.3 Å². The Morgan fingerprint density at radius 2 is 1.70 bits per heavy atom. The van der Waals surface area contributed by atoms with Gasteiger partial charge in [0, 0.05) is 25.1 Å². The van der Waals surface area contributed by atoms with Crippen LogP contribution in [0.4, 0.5) is 23.7 Å². The van der Waals surface area contributed by atoms with Gasteiger partial charge in [-0.05, 0) is 12.8 Å². The number of carbonyl (C=O) groups excluding carboxylic acids is 1. The van der Waals surface area contributed by atoms with E-state index in [1.165, 1.54) is 0 Å². The van der Waals surface area contributed by atoms with Crippen LogP contribution in [-0.4, -0.2) is 23.7 Å². The highest BCUT2D eigenvalue weighted by atomic mass is 19.2. The van der Waals surface area contributed by atoms with Crippen LogP contribution in [0, 0.1) is 17.5 Å². The van der Waals surface area contributed by atoms with Crippen LogP contribution >= 0.6 is 0 Å². The first-order chi connectivity index (χ1) is 9.40. The third kappa shape index (κ3) is 5.17. The van der Waals surface area contributed by atoms with E-state index in [4.69, 9.17) is 5.11 Å². The van der Waals surface area contributed by atoms with Crippen molar-refractivity contribution >= 4 is 17.7 Å². The number of aliphatic carboxylic acids is 1. The summed E-state index contributed by atoms with van der Waals surface area (Å²) in [5, 5.41) is 12.8. The zero-order valence-electron chi connectivity index (χ0n) is 10.4. The first kappa shape index (κ1) is 15.8. The molecule has 1 aromatic carbocycles. The standard InChI is InChI=1S/C12H13F3N2O3/c13-7-5-9(15)10(6-8(7)14)17-12(20)16-4-2-1-3-11(18)19/h5-6H,1-4H2,(H,18,19)(H2,16,17,20). The van der Waals surface area contributed by atoms with Crippen molar-refractivity contribution in [1.82, 2.24) is 5.32 Å². The zero-order chi connectivity index (χ0) is 15.1. The van der Waals surface area contributed by atoms with Crippen LogP contribution in [0.2, 0.25) is 0 Å². The Bertz CT molecular complexity index is 509. The van der Waals surface area contributed by atoms with Crippen LogP contribution in [0.1, 0.15) is 19.3 Å². The predicted octanol–water partition coefficient (Wildman–Crippen LogP) is 2.48. The van der Waals surface area contributed by atoms with Gasteiger partial charge in [-0.15, -0.1) is 0 Å². The molecule has 0 saturated heterocycles. The average molecular weight is 290 g/mol. The lowest BCUT2D eigenvalue weighted by Crippen LogP contribution is -2.30. The molecule has 0 unspecified atom stereocenters. The fourth-order valence-electron chi connectivity index (χ4n) is 1.39.